The van der Waals surface area contributed by atoms with Crippen LogP contribution in [0.1, 0.15) is 45.2 Å². The fraction of sp³-hybridized carbons (Fsp3) is 0.462. The molecule has 8 nitrogen and oxygen atoms in total. The van der Waals surface area contributed by atoms with Crippen LogP contribution in [0.15, 0.2) is 32.6 Å². The highest BCUT2D eigenvalue weighted by molar-refractivity contribution is 9.10. The Labute approximate surface area is 224 Å². The van der Waals surface area contributed by atoms with Gasteiger partial charge in [0, 0.05) is 42.8 Å². The topological polar surface area (TPSA) is 105 Å². The lowest BCUT2D eigenvalue weighted by atomic mass is 9.79. The zero-order chi connectivity index (χ0) is 26.8. The Hall–Kier alpha value is -2.84. The van der Waals surface area contributed by atoms with E-state index in [4.69, 9.17) is 10.00 Å². The Bertz CT molecular complexity index is 1590. The maximum Gasteiger partial charge on any atom is 0.410 e. The van der Waals surface area contributed by atoms with E-state index in [1.165, 1.54) is 12.3 Å². The van der Waals surface area contributed by atoms with Gasteiger partial charge in [-0.1, -0.05) is 0 Å². The molecule has 1 aliphatic carbocycles. The van der Waals surface area contributed by atoms with Crippen molar-refractivity contribution in [1.29, 1.82) is 5.26 Å². The number of amides is 1. The molecular formula is C26H26BrFN4O4S. The number of halogens is 2. The van der Waals surface area contributed by atoms with E-state index in [1.807, 2.05) is 25.3 Å². The van der Waals surface area contributed by atoms with E-state index < -0.39 is 22.2 Å². The number of aryl methyl sites for hydroxylation is 1. The number of rotatable bonds is 4. The molecule has 6 rings (SSSR count). The zero-order valence-electron chi connectivity index (χ0n) is 20.9. The van der Waals surface area contributed by atoms with Crippen LogP contribution >= 0.6 is 15.9 Å². The van der Waals surface area contributed by atoms with Crippen molar-refractivity contribution in [2.24, 2.45) is 5.92 Å². The highest BCUT2D eigenvalue weighted by Crippen LogP contribution is 2.51. The summed E-state index contributed by atoms with van der Waals surface area (Å²) in [5, 5.41) is 9.68. The van der Waals surface area contributed by atoms with Gasteiger partial charge in [-0.3, -0.25) is 9.00 Å². The molecule has 11 heteroatoms. The van der Waals surface area contributed by atoms with Crippen LogP contribution in [0.25, 0.3) is 21.8 Å². The van der Waals surface area contributed by atoms with E-state index in [0.717, 1.165) is 6.42 Å². The summed E-state index contributed by atoms with van der Waals surface area (Å²) in [6.07, 6.45) is 3.99. The standard InChI is InChI=1S/C26H26BrFN4O4S/c1-26(2,3)36-25(34)32-12-14-11-16(32)22(14)31-9-7-17(33)18-23(31)15-10-13(6-5-8-29)19(27)20(28)21(15)30-24(18)37(4)35/h7,9-10,14,16,22H,5-6,11-12H2,1-4H3/t14-,16-,22+,37?/m1/s1. The molecule has 37 heavy (non-hydrogen) atoms. The van der Waals surface area contributed by atoms with Gasteiger partial charge < -0.3 is 14.2 Å². The SMILES string of the molecule is CS(=O)c1nc2c(F)c(Br)c(CCC#N)cc2c2c1c(=O)ccn2[C@H]1[C@@H]2C[C@H]1N(C(=O)OC(C)(C)C)C2. The number of fused-ring (bicyclic) bond motifs is 4. The summed E-state index contributed by atoms with van der Waals surface area (Å²) >= 11 is 3.29. The third-order valence-electron chi connectivity index (χ3n) is 7.05. The second-order valence-corrected chi connectivity index (χ2v) is 12.7. The predicted octanol–water partition coefficient (Wildman–Crippen LogP) is 4.83. The van der Waals surface area contributed by atoms with Gasteiger partial charge in [-0.05, 0) is 61.2 Å². The van der Waals surface area contributed by atoms with Crippen molar-refractivity contribution in [2.75, 3.05) is 12.8 Å². The van der Waals surface area contributed by atoms with Crippen LogP contribution < -0.4 is 5.43 Å². The first kappa shape index (κ1) is 25.8. The summed E-state index contributed by atoms with van der Waals surface area (Å²) in [5.41, 5.74) is 0.0349. The van der Waals surface area contributed by atoms with E-state index in [2.05, 4.69) is 27.0 Å². The molecule has 1 amide bonds. The number of carbonyl (C=O) groups excluding carboxylic acids is 1. The van der Waals surface area contributed by atoms with Crippen LogP contribution in [0.4, 0.5) is 9.18 Å². The van der Waals surface area contributed by atoms with Gasteiger partial charge in [-0.2, -0.15) is 5.26 Å². The Balaban J connectivity index is 1.75. The summed E-state index contributed by atoms with van der Waals surface area (Å²) in [6, 6.07) is 4.93. The van der Waals surface area contributed by atoms with Crippen LogP contribution in [-0.4, -0.2) is 49.2 Å². The van der Waals surface area contributed by atoms with Crippen LogP contribution in [0.5, 0.6) is 0 Å². The maximum absolute atomic E-state index is 15.6. The van der Waals surface area contributed by atoms with Gasteiger partial charge in [0.25, 0.3) is 0 Å². The van der Waals surface area contributed by atoms with Gasteiger partial charge in [0.15, 0.2) is 11.2 Å². The van der Waals surface area contributed by atoms with Crippen LogP contribution in [0, 0.1) is 23.1 Å². The van der Waals surface area contributed by atoms with Crippen molar-refractivity contribution in [3.05, 3.63) is 44.4 Å². The number of pyridine rings is 2. The number of benzene rings is 1. The molecule has 1 aromatic carbocycles. The number of hydrogen-bond acceptors (Lipinski definition) is 6. The van der Waals surface area contributed by atoms with Crippen LogP contribution in [0.3, 0.4) is 0 Å². The molecule has 0 N–H and O–H groups in total. The first-order chi connectivity index (χ1) is 17.4. The predicted molar refractivity (Wildman–Crippen MR) is 141 cm³/mol. The van der Waals surface area contributed by atoms with Crippen molar-refractivity contribution in [2.45, 2.75) is 62.7 Å². The van der Waals surface area contributed by atoms with Crippen molar-refractivity contribution in [1.82, 2.24) is 14.5 Å². The molecule has 4 heterocycles. The molecular weight excluding hydrogens is 563 g/mol. The molecule has 2 saturated heterocycles. The Morgan fingerprint density at radius 3 is 2.78 bits per heavy atom. The summed E-state index contributed by atoms with van der Waals surface area (Å²) in [6.45, 7) is 5.97. The lowest BCUT2D eigenvalue weighted by Gasteiger charge is -2.39. The first-order valence-corrected chi connectivity index (χ1v) is 14.3. The lowest BCUT2D eigenvalue weighted by Crippen LogP contribution is -2.44. The van der Waals surface area contributed by atoms with E-state index in [1.54, 1.807) is 17.2 Å². The highest BCUT2D eigenvalue weighted by atomic mass is 79.9. The van der Waals surface area contributed by atoms with Gasteiger partial charge >= 0.3 is 6.09 Å². The van der Waals surface area contributed by atoms with Crippen LogP contribution in [-0.2, 0) is 22.0 Å². The summed E-state index contributed by atoms with van der Waals surface area (Å²) in [5.74, 6) is -0.505. The molecule has 0 radical (unpaired) electrons. The fourth-order valence-corrected chi connectivity index (χ4v) is 6.72. The third kappa shape index (κ3) is 4.24. The molecule has 1 unspecified atom stereocenters. The summed E-state index contributed by atoms with van der Waals surface area (Å²) in [7, 11) is -1.66. The monoisotopic (exact) mass is 588 g/mol. The number of nitrogens with zero attached hydrogens (tertiary/aromatic N) is 4. The molecule has 3 aromatic rings. The van der Waals surface area contributed by atoms with Gasteiger partial charge in [0.05, 0.1) is 44.3 Å². The maximum atomic E-state index is 15.6. The van der Waals surface area contributed by atoms with Crippen molar-refractivity contribution in [3.8, 4) is 6.07 Å². The average Bonchev–Trinajstić information content (AvgIpc) is 3.41. The third-order valence-corrected chi connectivity index (χ3v) is 8.74. The molecule has 0 spiro atoms. The highest BCUT2D eigenvalue weighted by Gasteiger charge is 2.55. The summed E-state index contributed by atoms with van der Waals surface area (Å²) in [4.78, 5) is 32.1. The minimum Gasteiger partial charge on any atom is -0.444 e. The number of nitriles is 1. The molecule has 3 fully saturated rings. The van der Waals surface area contributed by atoms with Crippen molar-refractivity contribution < 1.29 is 18.1 Å². The fourth-order valence-electron chi connectivity index (χ4n) is 5.51. The Morgan fingerprint density at radius 2 is 2.14 bits per heavy atom. The minimum atomic E-state index is -1.66. The molecule has 2 aliphatic heterocycles. The zero-order valence-corrected chi connectivity index (χ0v) is 23.3. The van der Waals surface area contributed by atoms with Gasteiger partial charge in [-0.25, -0.2) is 14.2 Å². The molecule has 3 aliphatic rings. The molecule has 194 valence electrons. The normalized spacial score (nSPS) is 21.6. The quantitative estimate of drug-likeness (QED) is 0.404. The number of hydrogen-bond donors (Lipinski definition) is 0. The van der Waals surface area contributed by atoms with E-state index in [9.17, 15) is 13.8 Å². The van der Waals surface area contributed by atoms with Crippen molar-refractivity contribution in [3.63, 3.8) is 0 Å². The molecule has 1 saturated carbocycles. The number of aromatic nitrogens is 2. The molecule has 2 bridgehead atoms. The molecule has 2 aromatic heterocycles. The van der Waals surface area contributed by atoms with Crippen molar-refractivity contribution >= 4 is 54.6 Å². The second kappa shape index (κ2) is 9.17. The van der Waals surface area contributed by atoms with E-state index >= 15 is 4.39 Å². The van der Waals surface area contributed by atoms with Gasteiger partial charge in [0.1, 0.15) is 16.1 Å². The minimum absolute atomic E-state index is 0.000279. The lowest BCUT2D eigenvalue weighted by molar-refractivity contribution is 0.0210. The largest absolute Gasteiger partial charge is 0.444 e. The summed E-state index contributed by atoms with van der Waals surface area (Å²) < 4.78 is 36.1. The van der Waals surface area contributed by atoms with Gasteiger partial charge in [0.2, 0.25) is 0 Å². The first-order valence-electron chi connectivity index (χ1n) is 12.0. The second-order valence-electron chi connectivity index (χ2n) is 10.6. The Kier molecular flexibility index (Phi) is 6.39. The number of ether oxygens (including phenoxy) is 1. The number of carbonyl (C=O) groups is 1. The Morgan fingerprint density at radius 1 is 1.41 bits per heavy atom. The average molecular weight is 589 g/mol. The van der Waals surface area contributed by atoms with Crippen LogP contribution in [0.2, 0.25) is 0 Å². The smallest absolute Gasteiger partial charge is 0.410 e. The van der Waals surface area contributed by atoms with Gasteiger partial charge in [-0.15, -0.1) is 0 Å². The van der Waals surface area contributed by atoms with E-state index in [-0.39, 0.29) is 56.3 Å². The van der Waals surface area contributed by atoms with E-state index in [0.29, 0.717) is 29.4 Å². The molecule has 4 atom stereocenters.